The number of ether oxygens (including phenoxy) is 2. The van der Waals surface area contributed by atoms with E-state index in [4.69, 9.17) is 9.47 Å². The molecule has 0 heterocycles. The Kier molecular flexibility index (Phi) is 4.59. The Bertz CT molecular complexity index is 291. The highest BCUT2D eigenvalue weighted by molar-refractivity contribution is 7.98. The quantitative estimate of drug-likeness (QED) is 0.705. The lowest BCUT2D eigenvalue weighted by atomic mass is 10.3. The van der Waals surface area contributed by atoms with Gasteiger partial charge in [-0.3, -0.25) is 0 Å². The number of thioether (sulfide) groups is 1. The maximum Gasteiger partial charge on any atom is 0.161 e. The Labute approximate surface area is 87.4 Å². The maximum atomic E-state index is 11.9. The van der Waals surface area contributed by atoms with Gasteiger partial charge in [-0.1, -0.05) is 0 Å². The van der Waals surface area contributed by atoms with Crippen molar-refractivity contribution in [1.82, 2.24) is 0 Å². The van der Waals surface area contributed by atoms with Crippen molar-refractivity contribution in [2.45, 2.75) is 4.90 Å². The summed E-state index contributed by atoms with van der Waals surface area (Å²) in [5.41, 5.74) is 0. The van der Waals surface area contributed by atoms with Gasteiger partial charge in [-0.15, -0.1) is 11.8 Å². The summed E-state index contributed by atoms with van der Waals surface area (Å²) in [6.07, 6.45) is 1.98. The number of hydrogen-bond acceptors (Lipinski definition) is 3. The molecule has 0 aliphatic rings. The molecule has 1 aromatic carbocycles. The summed E-state index contributed by atoms with van der Waals surface area (Å²) < 4.78 is 22.2. The van der Waals surface area contributed by atoms with Gasteiger partial charge in [-0.05, 0) is 24.5 Å². The molecule has 0 amide bonds. The average Bonchev–Trinajstić information content (AvgIpc) is 2.26. The van der Waals surface area contributed by atoms with E-state index in [9.17, 15) is 4.39 Å². The summed E-state index contributed by atoms with van der Waals surface area (Å²) in [4.78, 5) is 1.09. The van der Waals surface area contributed by atoms with Gasteiger partial charge in [0.1, 0.15) is 13.3 Å². The summed E-state index contributed by atoms with van der Waals surface area (Å²) in [5.74, 6) is 1.23. The molecule has 0 unspecified atom stereocenters. The molecule has 0 N–H and O–H groups in total. The van der Waals surface area contributed by atoms with E-state index in [1.54, 1.807) is 24.9 Å². The summed E-state index contributed by atoms with van der Waals surface area (Å²) in [6, 6.07) is 5.58. The number of methoxy groups -OCH3 is 1. The normalized spacial score (nSPS) is 9.93. The zero-order chi connectivity index (χ0) is 10.4. The minimum atomic E-state index is -0.493. The van der Waals surface area contributed by atoms with Crippen LogP contribution in [0.1, 0.15) is 0 Å². The lowest BCUT2D eigenvalue weighted by molar-refractivity contribution is 0.260. The van der Waals surface area contributed by atoms with E-state index >= 15 is 0 Å². The molecule has 1 aromatic rings. The van der Waals surface area contributed by atoms with Gasteiger partial charge in [0.15, 0.2) is 11.5 Å². The van der Waals surface area contributed by atoms with Crippen LogP contribution >= 0.6 is 11.8 Å². The molecule has 4 heteroatoms. The summed E-state index contributed by atoms with van der Waals surface area (Å²) in [5, 5.41) is 0. The summed E-state index contributed by atoms with van der Waals surface area (Å²) in [7, 11) is 1.57. The zero-order valence-electron chi connectivity index (χ0n) is 8.25. The fourth-order valence-electron chi connectivity index (χ4n) is 1.04. The highest BCUT2D eigenvalue weighted by Gasteiger charge is 2.04. The molecule has 1 rings (SSSR count). The van der Waals surface area contributed by atoms with Crippen LogP contribution in [0.25, 0.3) is 0 Å². The van der Waals surface area contributed by atoms with Crippen LogP contribution in [-0.4, -0.2) is 26.6 Å². The second kappa shape index (κ2) is 5.75. The van der Waals surface area contributed by atoms with E-state index in [-0.39, 0.29) is 6.61 Å². The lowest BCUT2D eigenvalue weighted by Crippen LogP contribution is -2.00. The van der Waals surface area contributed by atoms with Gasteiger partial charge < -0.3 is 9.47 Å². The van der Waals surface area contributed by atoms with E-state index in [1.807, 2.05) is 18.4 Å². The lowest BCUT2D eigenvalue weighted by Gasteiger charge is -2.10. The van der Waals surface area contributed by atoms with Crippen LogP contribution in [0.15, 0.2) is 23.1 Å². The predicted octanol–water partition coefficient (Wildman–Crippen LogP) is 2.77. The van der Waals surface area contributed by atoms with E-state index in [0.717, 1.165) is 4.90 Å². The van der Waals surface area contributed by atoms with Gasteiger partial charge in [0.05, 0.1) is 7.11 Å². The molecule has 0 fully saturated rings. The van der Waals surface area contributed by atoms with Crippen molar-refractivity contribution in [3.05, 3.63) is 18.2 Å². The van der Waals surface area contributed by atoms with Crippen molar-refractivity contribution < 1.29 is 13.9 Å². The van der Waals surface area contributed by atoms with Crippen LogP contribution in [0, 0.1) is 0 Å². The predicted molar refractivity (Wildman–Crippen MR) is 56.2 cm³/mol. The molecule has 0 saturated carbocycles. The second-order valence-corrected chi connectivity index (χ2v) is 3.43. The number of hydrogen-bond donors (Lipinski definition) is 0. The molecule has 0 radical (unpaired) electrons. The first-order valence-electron chi connectivity index (χ1n) is 4.22. The second-order valence-electron chi connectivity index (χ2n) is 2.55. The van der Waals surface area contributed by atoms with Gasteiger partial charge in [0, 0.05) is 4.90 Å². The minimum absolute atomic E-state index is 0.0645. The maximum absolute atomic E-state index is 11.9. The highest BCUT2D eigenvalue weighted by atomic mass is 32.2. The molecule has 0 spiro atoms. The van der Waals surface area contributed by atoms with Gasteiger partial charge in [0.2, 0.25) is 0 Å². The molecule has 0 aliphatic heterocycles. The first kappa shape index (κ1) is 11.2. The van der Waals surface area contributed by atoms with E-state index in [1.165, 1.54) is 0 Å². The third-order valence-corrected chi connectivity index (χ3v) is 2.43. The Balaban J connectivity index is 2.82. The molecule has 0 aromatic heterocycles. The first-order valence-corrected chi connectivity index (χ1v) is 5.45. The molecular formula is C10H13FO2S. The fourth-order valence-corrected chi connectivity index (χ4v) is 1.47. The number of rotatable bonds is 5. The third kappa shape index (κ3) is 2.80. The Morgan fingerprint density at radius 2 is 2.14 bits per heavy atom. The number of alkyl halides is 1. The van der Waals surface area contributed by atoms with Crippen LogP contribution < -0.4 is 9.47 Å². The summed E-state index contributed by atoms with van der Waals surface area (Å²) in [6.45, 7) is -0.428. The molecule has 2 nitrogen and oxygen atoms in total. The van der Waals surface area contributed by atoms with Gasteiger partial charge in [0.25, 0.3) is 0 Å². The van der Waals surface area contributed by atoms with Crippen molar-refractivity contribution >= 4 is 11.8 Å². The van der Waals surface area contributed by atoms with E-state index in [0.29, 0.717) is 11.5 Å². The van der Waals surface area contributed by atoms with Crippen LogP contribution in [0.5, 0.6) is 11.5 Å². The largest absolute Gasteiger partial charge is 0.493 e. The number of benzene rings is 1. The molecule has 0 atom stereocenters. The standard InChI is InChI=1S/C10H13FO2S/c1-12-10-7-8(14-2)3-4-9(10)13-6-5-11/h3-4,7H,5-6H2,1-2H3. The zero-order valence-corrected chi connectivity index (χ0v) is 9.07. The monoisotopic (exact) mass is 216 g/mol. The smallest absolute Gasteiger partial charge is 0.161 e. The first-order chi connectivity index (χ1) is 6.81. The van der Waals surface area contributed by atoms with E-state index < -0.39 is 6.67 Å². The molecular weight excluding hydrogens is 203 g/mol. The number of halogens is 1. The molecule has 0 aliphatic carbocycles. The van der Waals surface area contributed by atoms with Crippen molar-refractivity contribution in [2.75, 3.05) is 26.6 Å². The van der Waals surface area contributed by atoms with Crippen molar-refractivity contribution in [2.24, 2.45) is 0 Å². The van der Waals surface area contributed by atoms with Crippen LogP contribution in [-0.2, 0) is 0 Å². The Hall–Kier alpha value is -0.900. The Morgan fingerprint density at radius 3 is 2.71 bits per heavy atom. The molecule has 0 bridgehead atoms. The van der Waals surface area contributed by atoms with Gasteiger partial charge in [-0.25, -0.2) is 4.39 Å². The van der Waals surface area contributed by atoms with Gasteiger partial charge in [-0.2, -0.15) is 0 Å². The highest BCUT2D eigenvalue weighted by Crippen LogP contribution is 2.31. The van der Waals surface area contributed by atoms with Crippen molar-refractivity contribution in [3.63, 3.8) is 0 Å². The van der Waals surface area contributed by atoms with Crippen molar-refractivity contribution in [1.29, 1.82) is 0 Å². The fraction of sp³-hybridized carbons (Fsp3) is 0.400. The topological polar surface area (TPSA) is 18.5 Å². The third-order valence-electron chi connectivity index (χ3n) is 1.71. The Morgan fingerprint density at radius 1 is 1.36 bits per heavy atom. The van der Waals surface area contributed by atoms with Crippen LogP contribution in [0.3, 0.4) is 0 Å². The average molecular weight is 216 g/mol. The van der Waals surface area contributed by atoms with Gasteiger partial charge >= 0.3 is 0 Å². The van der Waals surface area contributed by atoms with Crippen molar-refractivity contribution in [3.8, 4) is 11.5 Å². The molecule has 78 valence electrons. The minimum Gasteiger partial charge on any atom is -0.493 e. The van der Waals surface area contributed by atoms with Crippen LogP contribution in [0.2, 0.25) is 0 Å². The van der Waals surface area contributed by atoms with Crippen LogP contribution in [0.4, 0.5) is 4.39 Å². The SMILES string of the molecule is COc1cc(SC)ccc1OCCF. The molecule has 0 saturated heterocycles. The van der Waals surface area contributed by atoms with E-state index in [2.05, 4.69) is 0 Å². The summed E-state index contributed by atoms with van der Waals surface area (Å²) >= 11 is 1.62. The molecule has 14 heavy (non-hydrogen) atoms.